The first-order valence-corrected chi connectivity index (χ1v) is 7.38. The summed E-state index contributed by atoms with van der Waals surface area (Å²) in [5.74, 6) is -1.89. The number of carboxylic acid groups (broad SMARTS) is 1. The molecule has 1 heterocycles. The first-order chi connectivity index (χ1) is 9.58. The number of carbonyl (C=O) groups excluding carboxylic acids is 1. The van der Waals surface area contributed by atoms with E-state index >= 15 is 0 Å². The van der Waals surface area contributed by atoms with Crippen molar-refractivity contribution in [3.05, 3.63) is 0 Å². The van der Waals surface area contributed by atoms with Crippen molar-refractivity contribution in [3.8, 4) is 0 Å². The molecule has 1 aliphatic carbocycles. The Balaban J connectivity index is 1.82. The molecule has 2 fully saturated rings. The van der Waals surface area contributed by atoms with Crippen LogP contribution in [0.5, 0.6) is 0 Å². The number of nitrogens with zero attached hydrogens (tertiary/aromatic N) is 1. The minimum absolute atomic E-state index is 0.00423. The van der Waals surface area contributed by atoms with E-state index in [9.17, 15) is 14.7 Å². The van der Waals surface area contributed by atoms with Gasteiger partial charge in [-0.3, -0.25) is 9.59 Å². The molecular weight excluding hydrogens is 260 g/mol. The zero-order valence-electron chi connectivity index (χ0n) is 12.0. The summed E-state index contributed by atoms with van der Waals surface area (Å²) < 4.78 is 5.59. The molecule has 1 aliphatic heterocycles. The Morgan fingerprint density at radius 1 is 1.30 bits per heavy atom. The monoisotopic (exact) mass is 284 g/mol. The highest BCUT2D eigenvalue weighted by atomic mass is 16.5. The molecule has 0 spiro atoms. The van der Waals surface area contributed by atoms with Crippen molar-refractivity contribution in [2.45, 2.75) is 31.8 Å². The van der Waals surface area contributed by atoms with Gasteiger partial charge in [0.25, 0.3) is 0 Å². The van der Waals surface area contributed by atoms with E-state index in [-0.39, 0.29) is 17.9 Å². The molecule has 0 aromatic rings. The van der Waals surface area contributed by atoms with E-state index in [1.807, 2.05) is 7.05 Å². The van der Waals surface area contributed by atoms with Gasteiger partial charge in [0.05, 0.1) is 24.5 Å². The Morgan fingerprint density at radius 2 is 2.00 bits per heavy atom. The number of rotatable bonds is 4. The molecule has 1 amide bonds. The van der Waals surface area contributed by atoms with Gasteiger partial charge in [-0.25, -0.2) is 0 Å². The fraction of sp³-hybridized carbons (Fsp3) is 0.857. The third-order valence-corrected chi connectivity index (χ3v) is 4.27. The van der Waals surface area contributed by atoms with Crippen LogP contribution in [0.25, 0.3) is 0 Å². The summed E-state index contributed by atoms with van der Waals surface area (Å²) in [4.78, 5) is 25.6. The van der Waals surface area contributed by atoms with Crippen LogP contribution in [0, 0.1) is 11.8 Å². The van der Waals surface area contributed by atoms with Crippen molar-refractivity contribution in [2.75, 3.05) is 33.3 Å². The van der Waals surface area contributed by atoms with Crippen LogP contribution in [0.2, 0.25) is 0 Å². The highest BCUT2D eigenvalue weighted by Crippen LogP contribution is 2.30. The van der Waals surface area contributed by atoms with E-state index in [0.29, 0.717) is 26.0 Å². The van der Waals surface area contributed by atoms with Gasteiger partial charge in [0.15, 0.2) is 0 Å². The third kappa shape index (κ3) is 3.93. The van der Waals surface area contributed by atoms with Crippen LogP contribution in [-0.4, -0.2) is 61.3 Å². The van der Waals surface area contributed by atoms with Crippen LogP contribution < -0.4 is 5.32 Å². The van der Waals surface area contributed by atoms with Crippen LogP contribution in [0.1, 0.15) is 25.7 Å². The van der Waals surface area contributed by atoms with Crippen LogP contribution in [0.3, 0.4) is 0 Å². The van der Waals surface area contributed by atoms with E-state index in [2.05, 4.69) is 10.2 Å². The minimum atomic E-state index is -0.849. The molecule has 2 N–H and O–H groups in total. The first kappa shape index (κ1) is 15.3. The molecule has 6 nitrogen and oxygen atoms in total. The van der Waals surface area contributed by atoms with E-state index in [0.717, 1.165) is 25.9 Å². The maximum Gasteiger partial charge on any atom is 0.307 e. The van der Waals surface area contributed by atoms with Gasteiger partial charge in [0, 0.05) is 19.6 Å². The number of hydrogen-bond acceptors (Lipinski definition) is 4. The molecular formula is C14H24N2O4. The molecule has 0 aromatic carbocycles. The zero-order chi connectivity index (χ0) is 14.5. The molecule has 3 atom stereocenters. The van der Waals surface area contributed by atoms with Crippen molar-refractivity contribution in [2.24, 2.45) is 11.8 Å². The van der Waals surface area contributed by atoms with Crippen molar-refractivity contribution in [1.29, 1.82) is 0 Å². The molecule has 2 aliphatic rings. The number of morpholine rings is 1. The topological polar surface area (TPSA) is 78.9 Å². The fourth-order valence-electron chi connectivity index (χ4n) is 3.08. The largest absolute Gasteiger partial charge is 0.481 e. The van der Waals surface area contributed by atoms with Crippen LogP contribution >= 0.6 is 0 Å². The normalized spacial score (nSPS) is 31.8. The molecule has 1 saturated heterocycles. The summed E-state index contributed by atoms with van der Waals surface area (Å²) in [6.45, 7) is 2.85. The van der Waals surface area contributed by atoms with Crippen molar-refractivity contribution in [3.63, 3.8) is 0 Å². The van der Waals surface area contributed by atoms with Crippen molar-refractivity contribution >= 4 is 11.9 Å². The molecule has 2 rings (SSSR count). The lowest BCUT2D eigenvalue weighted by Crippen LogP contribution is -2.48. The van der Waals surface area contributed by atoms with E-state index < -0.39 is 11.9 Å². The average molecular weight is 284 g/mol. The standard InChI is InChI=1S/C14H24N2O4/c1-16-6-7-20-10(9-16)8-15-13(17)11-4-2-3-5-12(11)14(18)19/h10-12H,2-9H2,1H3,(H,15,17)(H,18,19)/t10?,11-,12+/m1/s1. The van der Waals surface area contributed by atoms with E-state index in [4.69, 9.17) is 4.74 Å². The lowest BCUT2D eigenvalue weighted by molar-refractivity contribution is -0.149. The predicted octanol–water partition coefficient (Wildman–Crippen LogP) is 0.324. The molecule has 1 saturated carbocycles. The van der Waals surface area contributed by atoms with Crippen LogP contribution in [-0.2, 0) is 14.3 Å². The maximum absolute atomic E-state index is 12.2. The summed E-state index contributed by atoms with van der Waals surface area (Å²) in [5, 5.41) is 12.1. The number of aliphatic carboxylic acids is 1. The van der Waals surface area contributed by atoms with E-state index in [1.54, 1.807) is 0 Å². The van der Waals surface area contributed by atoms with Gasteiger partial charge in [-0.15, -0.1) is 0 Å². The van der Waals surface area contributed by atoms with Gasteiger partial charge in [0.1, 0.15) is 0 Å². The van der Waals surface area contributed by atoms with Crippen LogP contribution in [0.15, 0.2) is 0 Å². The predicted molar refractivity (Wildman–Crippen MR) is 73.3 cm³/mol. The molecule has 20 heavy (non-hydrogen) atoms. The summed E-state index contributed by atoms with van der Waals surface area (Å²) in [7, 11) is 2.03. The Morgan fingerprint density at radius 3 is 2.65 bits per heavy atom. The van der Waals surface area contributed by atoms with Gasteiger partial charge in [-0.1, -0.05) is 12.8 Å². The lowest BCUT2D eigenvalue weighted by Gasteiger charge is -2.31. The molecule has 0 aromatic heterocycles. The number of nitrogens with one attached hydrogen (secondary N) is 1. The van der Waals surface area contributed by atoms with Gasteiger partial charge < -0.3 is 20.1 Å². The molecule has 6 heteroatoms. The minimum Gasteiger partial charge on any atom is -0.481 e. The second-order valence-corrected chi connectivity index (χ2v) is 5.84. The van der Waals surface area contributed by atoms with Gasteiger partial charge in [-0.2, -0.15) is 0 Å². The van der Waals surface area contributed by atoms with E-state index in [1.165, 1.54) is 0 Å². The first-order valence-electron chi connectivity index (χ1n) is 7.38. The summed E-state index contributed by atoms with van der Waals surface area (Å²) in [6.07, 6.45) is 3.12. The van der Waals surface area contributed by atoms with Crippen molar-refractivity contribution < 1.29 is 19.4 Å². The number of ether oxygens (including phenoxy) is 1. The summed E-state index contributed by atoms with van der Waals surface area (Å²) >= 11 is 0. The Bertz CT molecular complexity index is 361. The smallest absolute Gasteiger partial charge is 0.307 e. The second-order valence-electron chi connectivity index (χ2n) is 5.84. The SMILES string of the molecule is CN1CCOC(CNC(=O)[C@@H]2CCCC[C@@H]2C(=O)O)C1. The second kappa shape index (κ2) is 7.04. The average Bonchev–Trinajstić information content (AvgIpc) is 2.45. The molecule has 0 bridgehead atoms. The maximum atomic E-state index is 12.2. The fourth-order valence-corrected chi connectivity index (χ4v) is 3.08. The number of amides is 1. The van der Waals surface area contributed by atoms with Gasteiger partial charge in [-0.05, 0) is 19.9 Å². The number of hydrogen-bond donors (Lipinski definition) is 2. The molecule has 114 valence electrons. The van der Waals surface area contributed by atoms with Gasteiger partial charge >= 0.3 is 5.97 Å². The quantitative estimate of drug-likeness (QED) is 0.777. The number of carbonyl (C=O) groups is 2. The summed E-state index contributed by atoms with van der Waals surface area (Å²) in [5.41, 5.74) is 0. The Kier molecular flexibility index (Phi) is 5.37. The Labute approximate surface area is 119 Å². The highest BCUT2D eigenvalue weighted by molar-refractivity contribution is 5.84. The third-order valence-electron chi connectivity index (χ3n) is 4.27. The Hall–Kier alpha value is -1.14. The lowest BCUT2D eigenvalue weighted by atomic mass is 9.78. The molecule has 0 radical (unpaired) electrons. The summed E-state index contributed by atoms with van der Waals surface area (Å²) in [6, 6.07) is 0. The molecule has 1 unspecified atom stereocenters. The zero-order valence-corrected chi connectivity index (χ0v) is 12.0. The van der Waals surface area contributed by atoms with Crippen molar-refractivity contribution in [1.82, 2.24) is 10.2 Å². The number of carboxylic acids is 1. The highest BCUT2D eigenvalue weighted by Gasteiger charge is 2.35. The number of likely N-dealkylation sites (N-methyl/N-ethyl adjacent to an activating group) is 1. The van der Waals surface area contributed by atoms with Crippen LogP contribution in [0.4, 0.5) is 0 Å². The van der Waals surface area contributed by atoms with Gasteiger partial charge in [0.2, 0.25) is 5.91 Å².